The van der Waals surface area contributed by atoms with Crippen molar-refractivity contribution in [2.24, 2.45) is 0 Å². The lowest BCUT2D eigenvalue weighted by molar-refractivity contribution is -0.137. The summed E-state index contributed by atoms with van der Waals surface area (Å²) in [6.45, 7) is 4.70. The van der Waals surface area contributed by atoms with E-state index >= 15 is 0 Å². The first-order chi connectivity index (χ1) is 13.8. The van der Waals surface area contributed by atoms with Gasteiger partial charge in [0, 0.05) is 18.4 Å². The molecule has 30 heavy (non-hydrogen) atoms. The number of amides is 1. The second-order valence-electron chi connectivity index (χ2n) is 7.17. The predicted molar refractivity (Wildman–Crippen MR) is 111 cm³/mol. The molecule has 0 fully saturated rings. The fourth-order valence-electron chi connectivity index (χ4n) is 2.79. The maximum atomic E-state index is 14.0. The van der Waals surface area contributed by atoms with Crippen molar-refractivity contribution in [2.75, 3.05) is 16.8 Å². The van der Waals surface area contributed by atoms with Gasteiger partial charge in [-0.1, -0.05) is 18.3 Å². The number of alkyl halides is 3. The van der Waals surface area contributed by atoms with E-state index in [0.717, 1.165) is 16.5 Å². The van der Waals surface area contributed by atoms with Crippen molar-refractivity contribution in [3.05, 3.63) is 58.9 Å². The second kappa shape index (κ2) is 8.40. The van der Waals surface area contributed by atoms with Crippen LogP contribution in [0.15, 0.2) is 36.4 Å². The summed E-state index contributed by atoms with van der Waals surface area (Å²) in [5, 5.41) is 8.95. The minimum atomic E-state index is -4.77. The SMILES string of the molecule is Cc1ccc(N(C)C(C)(C)C(=O)N(C=S)c2ccc(C#N)c(C(F)(F)F)c2)cc1F. The Morgan fingerprint density at radius 1 is 1.13 bits per heavy atom. The molecular weight excluding hydrogens is 418 g/mol. The molecule has 9 heteroatoms. The van der Waals surface area contributed by atoms with E-state index in [9.17, 15) is 22.4 Å². The number of rotatable bonds is 5. The van der Waals surface area contributed by atoms with Crippen LogP contribution in [0.4, 0.5) is 28.9 Å². The maximum Gasteiger partial charge on any atom is 0.417 e. The fourth-order valence-corrected chi connectivity index (χ4v) is 3.01. The highest BCUT2D eigenvalue weighted by Crippen LogP contribution is 2.35. The smallest absolute Gasteiger partial charge is 0.361 e. The monoisotopic (exact) mass is 437 g/mol. The van der Waals surface area contributed by atoms with Gasteiger partial charge in [0.2, 0.25) is 0 Å². The van der Waals surface area contributed by atoms with Gasteiger partial charge in [0.25, 0.3) is 5.91 Å². The molecule has 0 heterocycles. The van der Waals surface area contributed by atoms with E-state index < -0.39 is 34.6 Å². The van der Waals surface area contributed by atoms with E-state index in [0.29, 0.717) is 17.3 Å². The minimum absolute atomic E-state index is 0.127. The summed E-state index contributed by atoms with van der Waals surface area (Å²) in [5.41, 5.74) is -1.35. The Morgan fingerprint density at radius 2 is 1.73 bits per heavy atom. The Hall–Kier alpha value is -2.99. The lowest BCUT2D eigenvalue weighted by Crippen LogP contribution is -2.55. The quantitative estimate of drug-likeness (QED) is 0.475. The van der Waals surface area contributed by atoms with Crippen LogP contribution in [0.5, 0.6) is 0 Å². The molecular formula is C21H19F4N3OS. The highest BCUT2D eigenvalue weighted by atomic mass is 32.1. The summed E-state index contributed by atoms with van der Waals surface area (Å²) in [5.74, 6) is -1.07. The van der Waals surface area contributed by atoms with Gasteiger partial charge in [-0.25, -0.2) is 4.39 Å². The third-order valence-corrected chi connectivity index (χ3v) is 5.15. The number of nitriles is 1. The maximum absolute atomic E-state index is 14.0. The molecule has 0 bridgehead atoms. The van der Waals surface area contributed by atoms with Crippen molar-refractivity contribution in [2.45, 2.75) is 32.5 Å². The summed E-state index contributed by atoms with van der Waals surface area (Å²) in [4.78, 5) is 15.6. The number of halogens is 4. The third-order valence-electron chi connectivity index (χ3n) is 4.94. The second-order valence-corrected chi connectivity index (χ2v) is 7.38. The van der Waals surface area contributed by atoms with E-state index in [4.69, 9.17) is 17.5 Å². The van der Waals surface area contributed by atoms with Crippen molar-refractivity contribution in [3.63, 3.8) is 0 Å². The molecule has 0 aromatic heterocycles. The highest BCUT2D eigenvalue weighted by Gasteiger charge is 2.38. The van der Waals surface area contributed by atoms with Crippen molar-refractivity contribution in [1.29, 1.82) is 5.26 Å². The molecule has 158 valence electrons. The Balaban J connectivity index is 2.47. The molecule has 0 spiro atoms. The molecule has 0 aliphatic heterocycles. The zero-order valence-electron chi connectivity index (χ0n) is 16.7. The van der Waals surface area contributed by atoms with Gasteiger partial charge in [-0.05, 0) is 56.7 Å². The highest BCUT2D eigenvalue weighted by molar-refractivity contribution is 7.79. The number of nitrogens with zero attached hydrogens (tertiary/aromatic N) is 3. The predicted octanol–water partition coefficient (Wildman–Crippen LogP) is 5.23. The average molecular weight is 437 g/mol. The lowest BCUT2D eigenvalue weighted by atomic mass is 9.99. The molecule has 2 aromatic carbocycles. The van der Waals surface area contributed by atoms with E-state index in [2.05, 4.69) is 0 Å². The largest absolute Gasteiger partial charge is 0.417 e. The van der Waals surface area contributed by atoms with E-state index in [1.165, 1.54) is 23.1 Å². The average Bonchev–Trinajstić information content (AvgIpc) is 2.69. The number of carbonyl (C=O) groups excluding carboxylic acids is 1. The Bertz CT molecular complexity index is 1030. The van der Waals surface area contributed by atoms with Gasteiger partial charge in [0.1, 0.15) is 11.4 Å². The van der Waals surface area contributed by atoms with Crippen molar-refractivity contribution >= 4 is 35.0 Å². The molecule has 4 nitrogen and oxygen atoms in total. The van der Waals surface area contributed by atoms with Crippen LogP contribution in [0.25, 0.3) is 0 Å². The van der Waals surface area contributed by atoms with Crippen LogP contribution < -0.4 is 9.80 Å². The van der Waals surface area contributed by atoms with Gasteiger partial charge >= 0.3 is 6.18 Å². The van der Waals surface area contributed by atoms with Crippen LogP contribution in [0.3, 0.4) is 0 Å². The molecule has 0 saturated carbocycles. The minimum Gasteiger partial charge on any atom is -0.361 e. The van der Waals surface area contributed by atoms with Crippen LogP contribution in [-0.4, -0.2) is 24.0 Å². The zero-order valence-corrected chi connectivity index (χ0v) is 17.5. The number of likely N-dealkylation sites (N-methyl/N-ethyl adjacent to an activating group) is 1. The Labute approximate surface area is 177 Å². The van der Waals surface area contributed by atoms with Gasteiger partial charge in [0.15, 0.2) is 0 Å². The summed E-state index contributed by atoms with van der Waals surface area (Å²) < 4.78 is 53.9. The normalized spacial score (nSPS) is 11.6. The molecule has 0 unspecified atom stereocenters. The standard InChI is InChI=1S/C21H19F4N3OS/c1-13-5-7-15(10-18(13)22)27(4)20(2,3)19(29)28(12-30)16-8-6-14(11-26)17(9-16)21(23,24)25/h5-10,12H,1-4H3. The molecule has 0 N–H and O–H groups in total. The molecule has 2 aromatic rings. The first-order valence-corrected chi connectivity index (χ1v) is 9.22. The molecule has 1 amide bonds. The summed E-state index contributed by atoms with van der Waals surface area (Å²) in [6.07, 6.45) is -4.77. The number of benzene rings is 2. The van der Waals surface area contributed by atoms with E-state index in [-0.39, 0.29) is 5.69 Å². The molecule has 0 saturated heterocycles. The van der Waals surface area contributed by atoms with Gasteiger partial charge in [-0.3, -0.25) is 9.69 Å². The third kappa shape index (κ3) is 4.44. The van der Waals surface area contributed by atoms with Gasteiger partial charge in [-0.15, -0.1) is 0 Å². The number of anilines is 2. The number of hydrogen-bond acceptors (Lipinski definition) is 4. The van der Waals surface area contributed by atoms with Crippen LogP contribution in [-0.2, 0) is 11.0 Å². The number of thiocarbonyl (C=S) groups is 1. The van der Waals surface area contributed by atoms with Crippen LogP contribution in [0, 0.1) is 24.1 Å². The van der Waals surface area contributed by atoms with Gasteiger partial charge < -0.3 is 4.90 Å². The van der Waals surface area contributed by atoms with Crippen molar-refractivity contribution in [3.8, 4) is 6.07 Å². The number of carbonyl (C=O) groups is 1. The molecule has 0 aliphatic carbocycles. The first kappa shape index (κ1) is 23.3. The topological polar surface area (TPSA) is 47.3 Å². The number of hydrogen-bond donors (Lipinski definition) is 0. The summed E-state index contributed by atoms with van der Waals surface area (Å²) >= 11 is 4.89. The molecule has 2 rings (SSSR count). The fraction of sp³-hybridized carbons (Fsp3) is 0.286. The van der Waals surface area contributed by atoms with Crippen molar-refractivity contribution < 1.29 is 22.4 Å². The Kier molecular flexibility index (Phi) is 6.52. The van der Waals surface area contributed by atoms with Crippen LogP contribution in [0.1, 0.15) is 30.5 Å². The molecule has 0 atom stereocenters. The molecule has 0 radical (unpaired) electrons. The van der Waals surface area contributed by atoms with Crippen LogP contribution >= 0.6 is 12.2 Å². The summed E-state index contributed by atoms with van der Waals surface area (Å²) in [7, 11) is 1.57. The van der Waals surface area contributed by atoms with Crippen molar-refractivity contribution in [1.82, 2.24) is 0 Å². The lowest BCUT2D eigenvalue weighted by Gasteiger charge is -2.38. The number of aryl methyl sites for hydroxylation is 1. The van der Waals surface area contributed by atoms with Gasteiger partial charge in [-0.2, -0.15) is 18.4 Å². The Morgan fingerprint density at radius 3 is 2.23 bits per heavy atom. The zero-order chi connectivity index (χ0) is 22.9. The molecule has 0 aliphatic rings. The van der Waals surface area contributed by atoms with E-state index in [1.807, 2.05) is 0 Å². The van der Waals surface area contributed by atoms with E-state index in [1.54, 1.807) is 40.0 Å². The van der Waals surface area contributed by atoms with Gasteiger partial charge in [0.05, 0.1) is 22.7 Å². The van der Waals surface area contributed by atoms with Crippen LogP contribution in [0.2, 0.25) is 0 Å². The first-order valence-electron chi connectivity index (χ1n) is 8.75. The summed E-state index contributed by atoms with van der Waals surface area (Å²) in [6, 6.07) is 8.88.